The van der Waals surface area contributed by atoms with Crippen molar-refractivity contribution in [2.75, 3.05) is 53.5 Å². The first kappa shape index (κ1) is 23.4. The molecule has 2 N–H and O–H groups in total. The molecule has 0 amide bonds. The van der Waals surface area contributed by atoms with Crippen molar-refractivity contribution in [1.82, 2.24) is 9.80 Å². The minimum atomic E-state index is -1.12. The van der Waals surface area contributed by atoms with Crippen LogP contribution in [0.5, 0.6) is 0 Å². The Kier molecular flexibility index (Phi) is 18.9. The molecule has 0 rings (SSSR count). The first-order chi connectivity index (χ1) is 8.33. The van der Waals surface area contributed by atoms with Crippen LogP contribution in [0.2, 0.25) is 0 Å². The van der Waals surface area contributed by atoms with E-state index in [-0.39, 0.29) is 42.8 Å². The molecule has 19 heavy (non-hydrogen) atoms. The Balaban J connectivity index is -0.000000256. The van der Waals surface area contributed by atoms with Gasteiger partial charge in [0.05, 0.1) is 25.2 Å². The van der Waals surface area contributed by atoms with Crippen LogP contribution >= 0.6 is 0 Å². The third-order valence-corrected chi connectivity index (χ3v) is 1.76. The number of aliphatic hydroxyl groups is 2. The number of carbonyl (C=O) groups excluding carboxylic acids is 2. The molecule has 9 heteroatoms. The maximum Gasteiger partial charge on any atom is 2.00 e. The molecule has 0 radical (unpaired) electrons. The van der Waals surface area contributed by atoms with Gasteiger partial charge >= 0.3 is 16.5 Å². The fourth-order valence-corrected chi connectivity index (χ4v) is 0.940. The molecular weight excluding hydrogens is 303 g/mol. The van der Waals surface area contributed by atoms with Crippen molar-refractivity contribution in [3.05, 3.63) is 0 Å². The first-order valence-corrected chi connectivity index (χ1v) is 5.32. The van der Waals surface area contributed by atoms with Crippen molar-refractivity contribution in [2.24, 2.45) is 0 Å². The van der Waals surface area contributed by atoms with E-state index in [0.29, 0.717) is 13.1 Å². The molecule has 0 saturated heterocycles. The van der Waals surface area contributed by atoms with Gasteiger partial charge in [-0.1, -0.05) is 0 Å². The molecule has 0 aliphatic carbocycles. The summed E-state index contributed by atoms with van der Waals surface area (Å²) >= 11 is 0. The van der Waals surface area contributed by atoms with Gasteiger partial charge in [0, 0.05) is 26.2 Å². The van der Waals surface area contributed by atoms with Gasteiger partial charge in [-0.3, -0.25) is 9.80 Å². The largest absolute Gasteiger partial charge is 2.00 e. The third-order valence-electron chi connectivity index (χ3n) is 1.76. The van der Waals surface area contributed by atoms with Crippen molar-refractivity contribution in [3.63, 3.8) is 0 Å². The average Bonchev–Trinajstić information content (AvgIpc) is 2.16. The summed E-state index contributed by atoms with van der Waals surface area (Å²) in [5, 5.41) is 36.3. The summed E-state index contributed by atoms with van der Waals surface area (Å²) in [6.45, 7) is 0.441. The number of carbonyl (C=O) groups is 2. The number of hydrogen-bond acceptors (Lipinski definition) is 8. The Bertz CT molecular complexity index is 218. The van der Waals surface area contributed by atoms with Gasteiger partial charge in [-0.15, -0.1) is 0 Å². The van der Waals surface area contributed by atoms with Crippen molar-refractivity contribution >= 4 is 11.9 Å². The van der Waals surface area contributed by atoms with Gasteiger partial charge in [0.15, 0.2) is 0 Å². The van der Waals surface area contributed by atoms with E-state index in [0.717, 1.165) is 0 Å². The second kappa shape index (κ2) is 15.3. The number of carboxylic acid groups (broad SMARTS) is 2. The van der Waals surface area contributed by atoms with Crippen LogP contribution in [-0.2, 0) is 26.1 Å². The number of aliphatic hydroxyl groups excluding tert-OH is 2. The smallest absolute Gasteiger partial charge is 0.549 e. The minimum Gasteiger partial charge on any atom is -0.549 e. The SMILES string of the molecule is CN(CCO)CC(=O)[O-].CN(CCO)CC(=O)[O-].[Ni+2]. The second-order valence-corrected chi connectivity index (χ2v) is 3.67. The molecule has 0 spiro atoms. The molecule has 0 atom stereocenters. The summed E-state index contributed by atoms with van der Waals surface area (Å²) in [4.78, 5) is 22.6. The van der Waals surface area contributed by atoms with Gasteiger partial charge in [0.1, 0.15) is 0 Å². The van der Waals surface area contributed by atoms with Gasteiger partial charge in [-0.05, 0) is 14.1 Å². The average molecular weight is 323 g/mol. The Morgan fingerprint density at radius 2 is 1.16 bits per heavy atom. The van der Waals surface area contributed by atoms with Gasteiger partial charge in [0.25, 0.3) is 0 Å². The van der Waals surface area contributed by atoms with Crippen molar-refractivity contribution in [2.45, 2.75) is 0 Å². The summed E-state index contributed by atoms with van der Waals surface area (Å²) < 4.78 is 0. The molecule has 0 bridgehead atoms. The second-order valence-electron chi connectivity index (χ2n) is 3.67. The van der Waals surface area contributed by atoms with Crippen LogP contribution in [0, 0.1) is 0 Å². The molecule has 0 aliphatic heterocycles. The molecule has 0 saturated carbocycles. The molecule has 0 aromatic heterocycles. The number of rotatable bonds is 8. The molecule has 0 heterocycles. The maximum absolute atomic E-state index is 9.85. The minimum absolute atomic E-state index is 0. The summed E-state index contributed by atoms with van der Waals surface area (Å²) in [5.41, 5.74) is 0. The quantitative estimate of drug-likeness (QED) is 0.427. The number of nitrogens with zero attached hydrogens (tertiary/aromatic N) is 2. The van der Waals surface area contributed by atoms with E-state index in [2.05, 4.69) is 0 Å². The zero-order chi connectivity index (χ0) is 14.6. The van der Waals surface area contributed by atoms with Crippen LogP contribution in [0.3, 0.4) is 0 Å². The van der Waals surface area contributed by atoms with E-state index >= 15 is 0 Å². The summed E-state index contributed by atoms with van der Waals surface area (Å²) in [5.74, 6) is -2.24. The number of hydrogen-bond donors (Lipinski definition) is 2. The van der Waals surface area contributed by atoms with Crippen molar-refractivity contribution in [1.29, 1.82) is 0 Å². The fraction of sp³-hybridized carbons (Fsp3) is 0.800. The van der Waals surface area contributed by atoms with Crippen LogP contribution < -0.4 is 10.2 Å². The molecule has 0 fully saturated rings. The van der Waals surface area contributed by atoms with Gasteiger partial charge in [0.2, 0.25) is 0 Å². The van der Waals surface area contributed by atoms with Gasteiger partial charge in [-0.25, -0.2) is 0 Å². The Morgan fingerprint density at radius 1 is 0.895 bits per heavy atom. The molecule has 0 unspecified atom stereocenters. The summed E-state index contributed by atoms with van der Waals surface area (Å²) in [7, 11) is 3.21. The Morgan fingerprint density at radius 3 is 1.32 bits per heavy atom. The zero-order valence-corrected chi connectivity index (χ0v) is 12.0. The molecular formula is C10H20N2NiO6. The van der Waals surface area contributed by atoms with E-state index in [1.54, 1.807) is 14.1 Å². The van der Waals surface area contributed by atoms with Crippen molar-refractivity contribution < 1.29 is 46.5 Å². The summed E-state index contributed by atoms with van der Waals surface area (Å²) in [6, 6.07) is 0. The van der Waals surface area contributed by atoms with E-state index in [4.69, 9.17) is 10.2 Å². The molecule has 0 aromatic rings. The van der Waals surface area contributed by atoms with Crippen LogP contribution in [0.1, 0.15) is 0 Å². The number of likely N-dealkylation sites (N-methyl/N-ethyl adjacent to an activating group) is 2. The Labute approximate surface area is 122 Å². The Hall–Kier alpha value is -0.726. The van der Waals surface area contributed by atoms with Gasteiger partial charge in [-0.2, -0.15) is 0 Å². The van der Waals surface area contributed by atoms with E-state index in [1.165, 1.54) is 9.80 Å². The maximum atomic E-state index is 9.85. The predicted octanol–water partition coefficient (Wildman–Crippen LogP) is -4.68. The van der Waals surface area contributed by atoms with Crippen LogP contribution in [-0.4, -0.2) is 85.4 Å². The molecule has 0 aliphatic rings. The molecule has 0 aromatic carbocycles. The normalized spacial score (nSPS) is 9.58. The van der Waals surface area contributed by atoms with Crippen LogP contribution in [0.25, 0.3) is 0 Å². The first-order valence-electron chi connectivity index (χ1n) is 5.32. The van der Waals surface area contributed by atoms with Gasteiger partial charge < -0.3 is 30.0 Å². The predicted molar refractivity (Wildman–Crippen MR) is 59.2 cm³/mol. The third kappa shape index (κ3) is 22.9. The van der Waals surface area contributed by atoms with Crippen LogP contribution in [0.4, 0.5) is 0 Å². The van der Waals surface area contributed by atoms with E-state index in [9.17, 15) is 19.8 Å². The fourth-order valence-electron chi connectivity index (χ4n) is 0.940. The zero-order valence-electron chi connectivity index (χ0n) is 11.0. The van der Waals surface area contributed by atoms with E-state index in [1.807, 2.05) is 0 Å². The number of aliphatic carboxylic acids is 2. The molecule has 8 nitrogen and oxygen atoms in total. The summed E-state index contributed by atoms with van der Waals surface area (Å²) in [6.07, 6.45) is 0. The van der Waals surface area contributed by atoms with Crippen molar-refractivity contribution in [3.8, 4) is 0 Å². The monoisotopic (exact) mass is 322 g/mol. The van der Waals surface area contributed by atoms with E-state index < -0.39 is 11.9 Å². The molecule has 116 valence electrons. The standard InChI is InChI=1S/2C5H11NO3.Ni/c2*1-6(2-3-7)4-5(8)9;/h2*7H,2-4H2,1H3,(H,8,9);/q;;+2/p-2. The van der Waals surface area contributed by atoms with Crippen LogP contribution in [0.15, 0.2) is 0 Å². The number of carboxylic acids is 2. The topological polar surface area (TPSA) is 127 Å².